The summed E-state index contributed by atoms with van der Waals surface area (Å²) in [5.74, 6) is 5.05. The summed E-state index contributed by atoms with van der Waals surface area (Å²) >= 11 is 0. The molecular formula is C10H21N3O. The highest BCUT2D eigenvalue weighted by atomic mass is 16.2. The van der Waals surface area contributed by atoms with Crippen molar-refractivity contribution in [1.29, 1.82) is 0 Å². The van der Waals surface area contributed by atoms with Gasteiger partial charge in [-0.05, 0) is 26.3 Å². The number of nitrogens with one attached hydrogen (secondary N) is 1. The van der Waals surface area contributed by atoms with Gasteiger partial charge in [0, 0.05) is 6.04 Å². The van der Waals surface area contributed by atoms with Crippen molar-refractivity contribution in [2.45, 2.75) is 51.6 Å². The molecule has 0 bridgehead atoms. The average molecular weight is 199 g/mol. The monoisotopic (exact) mass is 199 g/mol. The van der Waals surface area contributed by atoms with Gasteiger partial charge < -0.3 is 0 Å². The van der Waals surface area contributed by atoms with Crippen molar-refractivity contribution >= 4 is 5.91 Å². The van der Waals surface area contributed by atoms with Crippen LogP contribution in [-0.4, -0.2) is 29.4 Å². The maximum Gasteiger partial charge on any atom is 0.250 e. The lowest BCUT2D eigenvalue weighted by Crippen LogP contribution is -2.50. The molecule has 14 heavy (non-hydrogen) atoms. The second kappa shape index (κ2) is 5.32. The summed E-state index contributed by atoms with van der Waals surface area (Å²) in [4.78, 5) is 13.6. The quantitative estimate of drug-likeness (QED) is 0.396. The SMILES string of the molecule is CCN(C1CCCC1)C(C)C(=O)NN. The van der Waals surface area contributed by atoms with Gasteiger partial charge in [0.15, 0.2) is 0 Å². The molecule has 1 fully saturated rings. The normalized spacial score (nSPS) is 20.0. The third-order valence-corrected chi connectivity index (χ3v) is 3.18. The van der Waals surface area contributed by atoms with Crippen molar-refractivity contribution < 1.29 is 4.79 Å². The summed E-state index contributed by atoms with van der Waals surface area (Å²) in [5, 5.41) is 0. The van der Waals surface area contributed by atoms with E-state index in [-0.39, 0.29) is 11.9 Å². The van der Waals surface area contributed by atoms with Gasteiger partial charge in [0.1, 0.15) is 0 Å². The Morgan fingerprint density at radius 1 is 1.57 bits per heavy atom. The van der Waals surface area contributed by atoms with E-state index in [1.165, 1.54) is 25.7 Å². The summed E-state index contributed by atoms with van der Waals surface area (Å²) in [6, 6.07) is 0.473. The van der Waals surface area contributed by atoms with E-state index < -0.39 is 0 Å². The zero-order valence-electron chi connectivity index (χ0n) is 9.12. The van der Waals surface area contributed by atoms with E-state index >= 15 is 0 Å². The maximum absolute atomic E-state index is 11.4. The van der Waals surface area contributed by atoms with Gasteiger partial charge in [0.05, 0.1) is 6.04 Å². The topological polar surface area (TPSA) is 58.4 Å². The van der Waals surface area contributed by atoms with Crippen LogP contribution in [0.2, 0.25) is 0 Å². The molecule has 82 valence electrons. The molecule has 1 atom stereocenters. The van der Waals surface area contributed by atoms with Crippen molar-refractivity contribution in [3.05, 3.63) is 0 Å². The second-order valence-electron chi connectivity index (χ2n) is 3.95. The van der Waals surface area contributed by atoms with E-state index in [0.29, 0.717) is 6.04 Å². The molecule has 1 aliphatic rings. The molecule has 3 N–H and O–H groups in total. The Hall–Kier alpha value is -0.610. The Bertz CT molecular complexity index is 190. The fourth-order valence-electron chi connectivity index (χ4n) is 2.36. The van der Waals surface area contributed by atoms with Gasteiger partial charge in [0.2, 0.25) is 0 Å². The highest BCUT2D eigenvalue weighted by Gasteiger charge is 2.28. The van der Waals surface area contributed by atoms with Crippen molar-refractivity contribution in [1.82, 2.24) is 10.3 Å². The third-order valence-electron chi connectivity index (χ3n) is 3.18. The number of rotatable bonds is 4. The molecule has 0 aliphatic heterocycles. The van der Waals surface area contributed by atoms with Crippen LogP contribution in [-0.2, 0) is 4.79 Å². The molecule has 0 saturated heterocycles. The molecule has 4 nitrogen and oxygen atoms in total. The average Bonchev–Trinajstić information content (AvgIpc) is 2.71. The number of likely N-dealkylation sites (N-methyl/N-ethyl adjacent to an activating group) is 1. The number of hydrazine groups is 1. The smallest absolute Gasteiger partial charge is 0.250 e. The van der Waals surface area contributed by atoms with Crippen molar-refractivity contribution in [2.24, 2.45) is 5.84 Å². The highest BCUT2D eigenvalue weighted by Crippen LogP contribution is 2.24. The standard InChI is InChI=1S/C10H21N3O/c1-3-13(8(2)10(14)12-11)9-6-4-5-7-9/h8-9H,3-7,11H2,1-2H3,(H,12,14). The molecule has 0 aromatic rings. The Morgan fingerprint density at radius 3 is 2.57 bits per heavy atom. The predicted octanol–water partition coefficient (Wildman–Crippen LogP) is 0.629. The zero-order valence-corrected chi connectivity index (χ0v) is 9.12. The Morgan fingerprint density at radius 2 is 2.14 bits per heavy atom. The summed E-state index contributed by atoms with van der Waals surface area (Å²) in [7, 11) is 0. The lowest BCUT2D eigenvalue weighted by molar-refractivity contribution is -0.126. The molecule has 0 aromatic carbocycles. The number of amides is 1. The second-order valence-corrected chi connectivity index (χ2v) is 3.95. The number of carbonyl (C=O) groups is 1. The Balaban J connectivity index is 2.55. The van der Waals surface area contributed by atoms with Crippen LogP contribution in [0.5, 0.6) is 0 Å². The Kier molecular flexibility index (Phi) is 4.35. The predicted molar refractivity (Wildman–Crippen MR) is 56.4 cm³/mol. The number of hydrogen-bond donors (Lipinski definition) is 2. The fourth-order valence-corrected chi connectivity index (χ4v) is 2.36. The van der Waals surface area contributed by atoms with Crippen LogP contribution in [0.3, 0.4) is 0 Å². The maximum atomic E-state index is 11.4. The third kappa shape index (κ3) is 2.45. The number of nitrogens with zero attached hydrogens (tertiary/aromatic N) is 1. The van der Waals surface area contributed by atoms with E-state index in [9.17, 15) is 4.79 Å². The van der Waals surface area contributed by atoms with E-state index in [1.54, 1.807) is 0 Å². The van der Waals surface area contributed by atoms with E-state index in [0.717, 1.165) is 6.54 Å². The minimum Gasteiger partial charge on any atom is -0.293 e. The van der Waals surface area contributed by atoms with Crippen LogP contribution in [0.25, 0.3) is 0 Å². The van der Waals surface area contributed by atoms with Crippen molar-refractivity contribution in [3.8, 4) is 0 Å². The number of nitrogens with two attached hydrogens (primary N) is 1. The molecule has 0 heterocycles. The molecule has 1 saturated carbocycles. The first-order chi connectivity index (χ1) is 6.70. The van der Waals surface area contributed by atoms with Crippen LogP contribution in [0, 0.1) is 0 Å². The first-order valence-electron chi connectivity index (χ1n) is 5.47. The molecule has 1 amide bonds. The van der Waals surface area contributed by atoms with Crippen LogP contribution < -0.4 is 11.3 Å². The van der Waals surface area contributed by atoms with Crippen LogP contribution in [0.15, 0.2) is 0 Å². The van der Waals surface area contributed by atoms with E-state index in [4.69, 9.17) is 5.84 Å². The highest BCUT2D eigenvalue weighted by molar-refractivity contribution is 5.80. The van der Waals surface area contributed by atoms with Crippen LogP contribution >= 0.6 is 0 Å². The van der Waals surface area contributed by atoms with Gasteiger partial charge in [-0.3, -0.25) is 15.1 Å². The minimum absolute atomic E-state index is 0.0845. The summed E-state index contributed by atoms with van der Waals surface area (Å²) < 4.78 is 0. The molecule has 1 rings (SSSR count). The van der Waals surface area contributed by atoms with Crippen LogP contribution in [0.4, 0.5) is 0 Å². The lowest BCUT2D eigenvalue weighted by atomic mass is 10.1. The molecule has 0 aromatic heterocycles. The molecular weight excluding hydrogens is 178 g/mol. The summed E-state index contributed by atoms with van der Waals surface area (Å²) in [6.45, 7) is 4.93. The van der Waals surface area contributed by atoms with Crippen molar-refractivity contribution in [3.63, 3.8) is 0 Å². The minimum atomic E-state index is -0.104. The van der Waals surface area contributed by atoms with E-state index in [1.807, 2.05) is 6.92 Å². The first-order valence-corrected chi connectivity index (χ1v) is 5.47. The van der Waals surface area contributed by atoms with Gasteiger partial charge in [0.25, 0.3) is 5.91 Å². The van der Waals surface area contributed by atoms with E-state index in [2.05, 4.69) is 17.2 Å². The molecule has 0 radical (unpaired) electrons. The molecule has 1 aliphatic carbocycles. The largest absolute Gasteiger partial charge is 0.293 e. The zero-order chi connectivity index (χ0) is 10.6. The van der Waals surface area contributed by atoms with Gasteiger partial charge in [-0.15, -0.1) is 0 Å². The van der Waals surface area contributed by atoms with Gasteiger partial charge in [-0.1, -0.05) is 19.8 Å². The summed E-state index contributed by atoms with van der Waals surface area (Å²) in [5.41, 5.74) is 2.22. The molecule has 0 spiro atoms. The van der Waals surface area contributed by atoms with Gasteiger partial charge in [-0.25, -0.2) is 5.84 Å². The molecule has 1 unspecified atom stereocenters. The number of carbonyl (C=O) groups excluding carboxylic acids is 1. The summed E-state index contributed by atoms with van der Waals surface area (Å²) in [6.07, 6.45) is 5.02. The fraction of sp³-hybridized carbons (Fsp3) is 0.900. The first kappa shape index (κ1) is 11.5. The lowest BCUT2D eigenvalue weighted by Gasteiger charge is -2.32. The van der Waals surface area contributed by atoms with Gasteiger partial charge in [-0.2, -0.15) is 0 Å². The molecule has 4 heteroatoms. The van der Waals surface area contributed by atoms with Crippen LogP contribution in [0.1, 0.15) is 39.5 Å². The van der Waals surface area contributed by atoms with Gasteiger partial charge >= 0.3 is 0 Å². The van der Waals surface area contributed by atoms with Crippen molar-refractivity contribution in [2.75, 3.05) is 6.54 Å². The Labute approximate surface area is 85.8 Å². The number of hydrogen-bond acceptors (Lipinski definition) is 3.